The standard InChI is InChI=1S/C9H16O4/c1-7(9(11-3)12-4)5-6-13-8(2)10/h5,9H,6H2,1-4H3/b7-5+. The molecule has 0 amide bonds. The van der Waals surface area contributed by atoms with Crippen molar-refractivity contribution in [3.05, 3.63) is 11.6 Å². The first kappa shape index (κ1) is 12.1. The zero-order valence-electron chi connectivity index (χ0n) is 8.49. The van der Waals surface area contributed by atoms with Crippen molar-refractivity contribution >= 4 is 5.97 Å². The van der Waals surface area contributed by atoms with Crippen molar-refractivity contribution in [3.8, 4) is 0 Å². The molecule has 0 aliphatic heterocycles. The number of hydrogen-bond acceptors (Lipinski definition) is 4. The van der Waals surface area contributed by atoms with Gasteiger partial charge < -0.3 is 14.2 Å². The maximum atomic E-state index is 10.4. The highest BCUT2D eigenvalue weighted by molar-refractivity contribution is 5.66. The number of methoxy groups -OCH3 is 2. The Hall–Kier alpha value is -0.870. The predicted molar refractivity (Wildman–Crippen MR) is 48.2 cm³/mol. The molecular weight excluding hydrogens is 172 g/mol. The molecule has 4 nitrogen and oxygen atoms in total. The average Bonchev–Trinajstić information content (AvgIpc) is 2.05. The predicted octanol–water partition coefficient (Wildman–Crippen LogP) is 1.11. The SMILES string of the molecule is COC(OC)/C(C)=C/COC(C)=O. The Labute approximate surface area is 78.5 Å². The summed E-state index contributed by atoms with van der Waals surface area (Å²) < 4.78 is 14.7. The number of rotatable bonds is 5. The van der Waals surface area contributed by atoms with Crippen LogP contribution in [0.15, 0.2) is 11.6 Å². The lowest BCUT2D eigenvalue weighted by molar-refractivity contribution is -0.139. The van der Waals surface area contributed by atoms with Crippen molar-refractivity contribution < 1.29 is 19.0 Å². The van der Waals surface area contributed by atoms with Crippen LogP contribution < -0.4 is 0 Å². The largest absolute Gasteiger partial charge is 0.462 e. The van der Waals surface area contributed by atoms with E-state index in [1.165, 1.54) is 6.92 Å². The van der Waals surface area contributed by atoms with Gasteiger partial charge in [0.15, 0.2) is 6.29 Å². The Balaban J connectivity index is 3.91. The van der Waals surface area contributed by atoms with E-state index in [2.05, 4.69) is 0 Å². The van der Waals surface area contributed by atoms with E-state index in [0.29, 0.717) is 0 Å². The lowest BCUT2D eigenvalue weighted by Crippen LogP contribution is -2.15. The highest BCUT2D eigenvalue weighted by atomic mass is 16.7. The molecule has 76 valence electrons. The highest BCUT2D eigenvalue weighted by Crippen LogP contribution is 2.05. The van der Waals surface area contributed by atoms with Crippen LogP contribution in [0, 0.1) is 0 Å². The second-order valence-corrected chi connectivity index (χ2v) is 2.55. The summed E-state index contributed by atoms with van der Waals surface area (Å²) in [6.07, 6.45) is 1.38. The van der Waals surface area contributed by atoms with Crippen molar-refractivity contribution in [2.75, 3.05) is 20.8 Å². The van der Waals surface area contributed by atoms with Gasteiger partial charge in [0, 0.05) is 21.1 Å². The topological polar surface area (TPSA) is 44.8 Å². The molecule has 0 aromatic carbocycles. The number of ether oxygens (including phenoxy) is 3. The Bertz CT molecular complexity index is 182. The molecule has 0 fully saturated rings. The fourth-order valence-electron chi connectivity index (χ4n) is 0.855. The second kappa shape index (κ2) is 6.62. The van der Waals surface area contributed by atoms with E-state index in [0.717, 1.165) is 5.57 Å². The van der Waals surface area contributed by atoms with Crippen LogP contribution in [-0.4, -0.2) is 33.1 Å². The molecule has 0 aromatic rings. The third-order valence-corrected chi connectivity index (χ3v) is 1.49. The van der Waals surface area contributed by atoms with E-state index in [4.69, 9.17) is 14.2 Å². The van der Waals surface area contributed by atoms with Crippen LogP contribution in [-0.2, 0) is 19.0 Å². The molecule has 0 atom stereocenters. The van der Waals surface area contributed by atoms with E-state index in [-0.39, 0.29) is 18.9 Å². The van der Waals surface area contributed by atoms with Gasteiger partial charge in [-0.25, -0.2) is 0 Å². The van der Waals surface area contributed by atoms with Gasteiger partial charge in [-0.15, -0.1) is 0 Å². The summed E-state index contributed by atoms with van der Waals surface area (Å²) in [7, 11) is 3.11. The molecule has 0 rings (SSSR count). The molecule has 0 aliphatic carbocycles. The van der Waals surface area contributed by atoms with Crippen molar-refractivity contribution in [1.82, 2.24) is 0 Å². The molecular formula is C9H16O4. The van der Waals surface area contributed by atoms with E-state index in [9.17, 15) is 4.79 Å². The molecule has 0 radical (unpaired) electrons. The van der Waals surface area contributed by atoms with Crippen LogP contribution in [0.4, 0.5) is 0 Å². The first-order valence-corrected chi connectivity index (χ1v) is 3.97. The summed E-state index contributed by atoms with van der Waals surface area (Å²) in [5, 5.41) is 0. The fourth-order valence-corrected chi connectivity index (χ4v) is 0.855. The van der Waals surface area contributed by atoms with Crippen molar-refractivity contribution in [2.24, 2.45) is 0 Å². The number of carbonyl (C=O) groups is 1. The van der Waals surface area contributed by atoms with E-state index >= 15 is 0 Å². The maximum absolute atomic E-state index is 10.4. The fraction of sp³-hybridized carbons (Fsp3) is 0.667. The van der Waals surface area contributed by atoms with Gasteiger partial charge >= 0.3 is 5.97 Å². The second-order valence-electron chi connectivity index (χ2n) is 2.55. The van der Waals surface area contributed by atoms with Crippen LogP contribution >= 0.6 is 0 Å². The molecule has 0 unspecified atom stereocenters. The van der Waals surface area contributed by atoms with Gasteiger partial charge in [-0.2, -0.15) is 0 Å². The minimum atomic E-state index is -0.365. The van der Waals surface area contributed by atoms with Gasteiger partial charge in [0.05, 0.1) is 0 Å². The number of hydrogen-bond donors (Lipinski definition) is 0. The first-order valence-electron chi connectivity index (χ1n) is 3.97. The monoisotopic (exact) mass is 188 g/mol. The van der Waals surface area contributed by atoms with E-state index in [1.807, 2.05) is 6.92 Å². The molecule has 0 bridgehead atoms. The van der Waals surface area contributed by atoms with Gasteiger partial charge in [0.25, 0.3) is 0 Å². The molecule has 0 aromatic heterocycles. The van der Waals surface area contributed by atoms with Crippen LogP contribution in [0.1, 0.15) is 13.8 Å². The summed E-state index contributed by atoms with van der Waals surface area (Å²) in [4.78, 5) is 10.4. The number of carbonyl (C=O) groups excluding carboxylic acids is 1. The highest BCUT2D eigenvalue weighted by Gasteiger charge is 2.06. The molecule has 0 saturated heterocycles. The number of esters is 1. The van der Waals surface area contributed by atoms with Gasteiger partial charge in [0.2, 0.25) is 0 Å². The van der Waals surface area contributed by atoms with Crippen molar-refractivity contribution in [1.29, 1.82) is 0 Å². The Kier molecular flexibility index (Phi) is 6.18. The zero-order valence-corrected chi connectivity index (χ0v) is 8.49. The first-order chi connectivity index (χ1) is 6.11. The molecule has 0 aliphatic rings. The smallest absolute Gasteiger partial charge is 0.302 e. The van der Waals surface area contributed by atoms with Gasteiger partial charge in [-0.3, -0.25) is 4.79 Å². The van der Waals surface area contributed by atoms with Gasteiger partial charge in [0.1, 0.15) is 6.61 Å². The minimum Gasteiger partial charge on any atom is -0.462 e. The summed E-state index contributed by atoms with van der Waals surface area (Å²) in [5.74, 6) is -0.296. The van der Waals surface area contributed by atoms with Gasteiger partial charge in [-0.05, 0) is 18.6 Å². The average molecular weight is 188 g/mol. The summed E-state index contributed by atoms with van der Waals surface area (Å²) in [5.41, 5.74) is 0.881. The zero-order chi connectivity index (χ0) is 10.3. The third kappa shape index (κ3) is 5.38. The van der Waals surface area contributed by atoms with Crippen molar-refractivity contribution in [2.45, 2.75) is 20.1 Å². The van der Waals surface area contributed by atoms with Crippen molar-refractivity contribution in [3.63, 3.8) is 0 Å². The summed E-state index contributed by atoms with van der Waals surface area (Å²) >= 11 is 0. The summed E-state index contributed by atoms with van der Waals surface area (Å²) in [6.45, 7) is 3.47. The molecule has 0 spiro atoms. The normalized spacial score (nSPS) is 11.9. The molecule has 0 saturated carbocycles. The van der Waals surface area contributed by atoms with Crippen LogP contribution in [0.3, 0.4) is 0 Å². The van der Waals surface area contributed by atoms with E-state index < -0.39 is 0 Å². The Morgan fingerprint density at radius 2 is 1.85 bits per heavy atom. The quantitative estimate of drug-likeness (QED) is 0.368. The van der Waals surface area contributed by atoms with Crippen LogP contribution in [0.2, 0.25) is 0 Å². The molecule has 0 N–H and O–H groups in total. The Morgan fingerprint density at radius 1 is 1.31 bits per heavy atom. The minimum absolute atomic E-state index is 0.254. The molecule has 13 heavy (non-hydrogen) atoms. The van der Waals surface area contributed by atoms with Crippen LogP contribution in [0.25, 0.3) is 0 Å². The maximum Gasteiger partial charge on any atom is 0.302 e. The van der Waals surface area contributed by atoms with Gasteiger partial charge in [-0.1, -0.05) is 0 Å². The Morgan fingerprint density at radius 3 is 2.23 bits per heavy atom. The molecule has 0 heterocycles. The summed E-state index contributed by atoms with van der Waals surface area (Å²) in [6, 6.07) is 0. The lowest BCUT2D eigenvalue weighted by Gasteiger charge is -2.13. The third-order valence-electron chi connectivity index (χ3n) is 1.49. The van der Waals surface area contributed by atoms with E-state index in [1.54, 1.807) is 20.3 Å². The van der Waals surface area contributed by atoms with Crippen LogP contribution in [0.5, 0.6) is 0 Å². The molecule has 4 heteroatoms. The lowest BCUT2D eigenvalue weighted by atomic mass is 10.3.